The van der Waals surface area contributed by atoms with Gasteiger partial charge in [-0.25, -0.2) is 0 Å². The van der Waals surface area contributed by atoms with Crippen LogP contribution in [0.5, 0.6) is 0 Å². The minimum atomic E-state index is 0.427. The van der Waals surface area contributed by atoms with Gasteiger partial charge in [-0.1, -0.05) is 5.16 Å². The maximum absolute atomic E-state index is 4.75. The van der Waals surface area contributed by atoms with E-state index in [0.717, 1.165) is 13.1 Å². The molecule has 0 aromatic carbocycles. The van der Waals surface area contributed by atoms with E-state index in [2.05, 4.69) is 10.5 Å². The summed E-state index contributed by atoms with van der Waals surface area (Å²) in [6, 6.07) is 0. The Labute approximate surface area is 60.4 Å². The molecule has 1 aliphatic heterocycles. The molecule has 3 heteroatoms. The maximum Gasteiger partial charge on any atom is 0.106 e. The fourth-order valence-corrected chi connectivity index (χ4v) is 1.57. The van der Waals surface area contributed by atoms with Crippen molar-refractivity contribution in [1.82, 2.24) is 5.32 Å². The Morgan fingerprint density at radius 2 is 2.40 bits per heavy atom. The normalized spacial score (nSPS) is 31.5. The highest BCUT2D eigenvalue weighted by Gasteiger charge is 2.50. The van der Waals surface area contributed by atoms with Gasteiger partial charge in [0, 0.05) is 18.5 Å². The quantitative estimate of drug-likeness (QED) is 0.534. The average molecular weight is 140 g/mol. The van der Waals surface area contributed by atoms with Gasteiger partial charge in [0.15, 0.2) is 0 Å². The minimum Gasteiger partial charge on any atom is -0.399 e. The Balaban J connectivity index is 2.14. The third kappa shape index (κ3) is 0.736. The van der Waals surface area contributed by atoms with Crippen molar-refractivity contribution in [3.8, 4) is 0 Å². The second-order valence-corrected chi connectivity index (χ2v) is 3.10. The van der Waals surface area contributed by atoms with E-state index in [1.54, 1.807) is 7.11 Å². The summed E-state index contributed by atoms with van der Waals surface area (Å²) in [5.74, 6) is 0. The van der Waals surface area contributed by atoms with E-state index in [-0.39, 0.29) is 0 Å². The largest absolute Gasteiger partial charge is 0.399 e. The molecule has 0 radical (unpaired) electrons. The van der Waals surface area contributed by atoms with Crippen molar-refractivity contribution in [1.29, 1.82) is 0 Å². The van der Waals surface area contributed by atoms with Crippen LogP contribution in [0.25, 0.3) is 0 Å². The number of nitrogens with zero attached hydrogens (tertiary/aromatic N) is 1. The molecular weight excluding hydrogens is 128 g/mol. The van der Waals surface area contributed by atoms with Crippen LogP contribution in [0.4, 0.5) is 0 Å². The molecule has 2 fully saturated rings. The zero-order valence-electron chi connectivity index (χ0n) is 6.18. The highest BCUT2D eigenvalue weighted by Crippen LogP contribution is 2.48. The summed E-state index contributed by atoms with van der Waals surface area (Å²) in [5.41, 5.74) is 1.64. The summed E-state index contributed by atoms with van der Waals surface area (Å²) in [5, 5.41) is 7.29. The molecule has 0 amide bonds. The smallest absolute Gasteiger partial charge is 0.106 e. The average Bonchev–Trinajstić information content (AvgIpc) is 2.57. The van der Waals surface area contributed by atoms with Crippen LogP contribution in [0.15, 0.2) is 5.16 Å². The summed E-state index contributed by atoms with van der Waals surface area (Å²) in [4.78, 5) is 4.75. The van der Waals surface area contributed by atoms with Gasteiger partial charge in [-0.15, -0.1) is 0 Å². The van der Waals surface area contributed by atoms with Gasteiger partial charge in [0.2, 0.25) is 0 Å². The SMILES string of the molecule is CO/N=C1\CNCC12CC2. The molecule has 1 N–H and O–H groups in total. The van der Waals surface area contributed by atoms with E-state index in [1.807, 2.05) is 0 Å². The topological polar surface area (TPSA) is 33.6 Å². The van der Waals surface area contributed by atoms with Crippen LogP contribution in [0.3, 0.4) is 0 Å². The van der Waals surface area contributed by atoms with Crippen molar-refractivity contribution in [2.75, 3.05) is 20.2 Å². The van der Waals surface area contributed by atoms with E-state index in [9.17, 15) is 0 Å². The molecule has 1 saturated heterocycles. The zero-order valence-corrected chi connectivity index (χ0v) is 6.18. The molecule has 1 saturated carbocycles. The van der Waals surface area contributed by atoms with Crippen molar-refractivity contribution in [2.24, 2.45) is 10.6 Å². The number of nitrogens with one attached hydrogen (secondary N) is 1. The molecule has 3 nitrogen and oxygen atoms in total. The third-order valence-corrected chi connectivity index (χ3v) is 2.42. The minimum absolute atomic E-state index is 0.427. The summed E-state index contributed by atoms with van der Waals surface area (Å²) in [7, 11) is 1.61. The van der Waals surface area contributed by atoms with Crippen LogP contribution in [-0.2, 0) is 4.84 Å². The van der Waals surface area contributed by atoms with Crippen LogP contribution >= 0.6 is 0 Å². The van der Waals surface area contributed by atoms with Crippen LogP contribution in [0.2, 0.25) is 0 Å². The van der Waals surface area contributed by atoms with Crippen molar-refractivity contribution < 1.29 is 4.84 Å². The van der Waals surface area contributed by atoms with Gasteiger partial charge >= 0.3 is 0 Å². The predicted octanol–water partition coefficient (Wildman–Crippen LogP) is 0.372. The third-order valence-electron chi connectivity index (χ3n) is 2.42. The van der Waals surface area contributed by atoms with Crippen LogP contribution in [-0.4, -0.2) is 25.9 Å². The summed E-state index contributed by atoms with van der Waals surface area (Å²) >= 11 is 0. The van der Waals surface area contributed by atoms with Gasteiger partial charge in [-0.05, 0) is 12.8 Å². The van der Waals surface area contributed by atoms with Gasteiger partial charge in [-0.2, -0.15) is 0 Å². The first-order valence-electron chi connectivity index (χ1n) is 3.69. The first-order valence-corrected chi connectivity index (χ1v) is 3.69. The summed E-state index contributed by atoms with van der Waals surface area (Å²) < 4.78 is 0. The lowest BCUT2D eigenvalue weighted by molar-refractivity contribution is 0.211. The van der Waals surface area contributed by atoms with E-state index < -0.39 is 0 Å². The molecule has 56 valence electrons. The van der Waals surface area contributed by atoms with Crippen LogP contribution in [0, 0.1) is 5.41 Å². The Kier molecular flexibility index (Phi) is 1.20. The standard InChI is InChI=1S/C7H12N2O/c1-10-9-6-4-8-5-7(6)2-3-7/h8H,2-5H2,1H3/b9-6+. The van der Waals surface area contributed by atoms with Gasteiger partial charge in [-0.3, -0.25) is 0 Å². The lowest BCUT2D eigenvalue weighted by Gasteiger charge is -2.02. The van der Waals surface area contributed by atoms with Crippen molar-refractivity contribution in [2.45, 2.75) is 12.8 Å². The first-order chi connectivity index (χ1) is 4.87. The predicted molar refractivity (Wildman–Crippen MR) is 39.0 cm³/mol. The maximum atomic E-state index is 4.75. The van der Waals surface area contributed by atoms with E-state index in [4.69, 9.17) is 4.84 Å². The number of hydrogen-bond donors (Lipinski definition) is 1. The van der Waals surface area contributed by atoms with E-state index in [0.29, 0.717) is 5.41 Å². The van der Waals surface area contributed by atoms with Crippen molar-refractivity contribution >= 4 is 5.71 Å². The fraction of sp³-hybridized carbons (Fsp3) is 0.857. The molecule has 0 aromatic rings. The van der Waals surface area contributed by atoms with Crippen LogP contribution < -0.4 is 5.32 Å². The van der Waals surface area contributed by atoms with Crippen molar-refractivity contribution in [3.05, 3.63) is 0 Å². The molecule has 2 rings (SSSR count). The van der Waals surface area contributed by atoms with E-state index in [1.165, 1.54) is 18.6 Å². The lowest BCUT2D eigenvalue weighted by atomic mass is 10.1. The second-order valence-electron chi connectivity index (χ2n) is 3.10. The Bertz CT molecular complexity index is 172. The number of rotatable bonds is 1. The highest BCUT2D eigenvalue weighted by molar-refractivity contribution is 5.95. The summed E-state index contributed by atoms with van der Waals surface area (Å²) in [6.45, 7) is 2.03. The number of hydrogen-bond acceptors (Lipinski definition) is 3. The molecular formula is C7H12N2O. The molecule has 2 aliphatic rings. The molecule has 0 aromatic heterocycles. The van der Waals surface area contributed by atoms with E-state index >= 15 is 0 Å². The van der Waals surface area contributed by atoms with Gasteiger partial charge in [0.05, 0.1) is 5.71 Å². The van der Waals surface area contributed by atoms with Crippen molar-refractivity contribution in [3.63, 3.8) is 0 Å². The van der Waals surface area contributed by atoms with Crippen LogP contribution in [0.1, 0.15) is 12.8 Å². The molecule has 1 aliphatic carbocycles. The molecule has 0 bridgehead atoms. The summed E-state index contributed by atoms with van der Waals surface area (Å²) in [6.07, 6.45) is 2.59. The Morgan fingerprint density at radius 1 is 1.60 bits per heavy atom. The first kappa shape index (κ1) is 6.16. The fourth-order valence-electron chi connectivity index (χ4n) is 1.57. The van der Waals surface area contributed by atoms with Gasteiger partial charge in [0.25, 0.3) is 0 Å². The second kappa shape index (κ2) is 1.95. The molecule has 0 atom stereocenters. The molecule has 0 unspecified atom stereocenters. The van der Waals surface area contributed by atoms with Gasteiger partial charge in [0.1, 0.15) is 7.11 Å². The lowest BCUT2D eigenvalue weighted by Crippen LogP contribution is -2.12. The Hall–Kier alpha value is -0.570. The monoisotopic (exact) mass is 140 g/mol. The molecule has 1 heterocycles. The Morgan fingerprint density at radius 3 is 3.00 bits per heavy atom. The number of oxime groups is 1. The zero-order chi connectivity index (χ0) is 7.03. The molecule has 10 heavy (non-hydrogen) atoms. The highest BCUT2D eigenvalue weighted by atomic mass is 16.6. The molecule has 1 spiro atoms. The van der Waals surface area contributed by atoms with Gasteiger partial charge < -0.3 is 10.2 Å².